The maximum Gasteiger partial charge on any atom is 0.407 e. The van der Waals surface area contributed by atoms with Gasteiger partial charge in [0.1, 0.15) is 0 Å². The summed E-state index contributed by atoms with van der Waals surface area (Å²) >= 11 is 0. The lowest BCUT2D eigenvalue weighted by molar-refractivity contribution is 0.0373. The predicted molar refractivity (Wildman–Crippen MR) is 88.2 cm³/mol. The van der Waals surface area contributed by atoms with E-state index in [1.807, 2.05) is 20.8 Å². The Morgan fingerprint density at radius 2 is 2.00 bits per heavy atom. The summed E-state index contributed by atoms with van der Waals surface area (Å²) in [4.78, 5) is 13.9. The molecule has 2 N–H and O–H groups in total. The molecular formula is C16H33N3O3. The molecule has 0 aliphatic carbocycles. The first-order valence-electron chi connectivity index (χ1n) is 8.35. The Labute approximate surface area is 134 Å². The number of ether oxygens (including phenoxy) is 2. The van der Waals surface area contributed by atoms with E-state index < -0.39 is 0 Å². The Bertz CT molecular complexity index is 312. The molecule has 130 valence electrons. The molecule has 0 aromatic rings. The molecule has 0 spiro atoms. The number of nitrogens with zero attached hydrogens (tertiary/aromatic N) is 1. The summed E-state index contributed by atoms with van der Waals surface area (Å²) in [5.41, 5.74) is -0.250. The molecule has 0 aromatic heterocycles. The summed E-state index contributed by atoms with van der Waals surface area (Å²) in [6, 6.07) is 0.354. The van der Waals surface area contributed by atoms with Gasteiger partial charge >= 0.3 is 6.09 Å². The molecule has 0 bridgehead atoms. The standard InChI is InChI=1S/C16H33N3O3/c1-14(6-11-22-15(20)18-16(2,3)4)17-7-5-8-19-9-12-21-13-10-19/h14,17H,5-13H2,1-4H3,(H,18,20). The molecule has 1 aliphatic rings. The van der Waals surface area contributed by atoms with Crippen molar-refractivity contribution in [3.8, 4) is 0 Å². The second-order valence-corrected chi connectivity index (χ2v) is 6.96. The highest BCUT2D eigenvalue weighted by molar-refractivity contribution is 5.67. The first-order chi connectivity index (χ1) is 10.4. The first-order valence-corrected chi connectivity index (χ1v) is 8.35. The van der Waals surface area contributed by atoms with Crippen LogP contribution < -0.4 is 10.6 Å². The number of rotatable bonds is 8. The van der Waals surface area contributed by atoms with Crippen molar-refractivity contribution in [3.63, 3.8) is 0 Å². The van der Waals surface area contributed by atoms with Crippen LogP contribution in [-0.2, 0) is 9.47 Å². The quantitative estimate of drug-likeness (QED) is 0.666. The van der Waals surface area contributed by atoms with Crippen molar-refractivity contribution in [1.82, 2.24) is 15.5 Å². The molecule has 22 heavy (non-hydrogen) atoms. The van der Waals surface area contributed by atoms with Gasteiger partial charge in [-0.15, -0.1) is 0 Å². The minimum absolute atomic E-state index is 0.250. The minimum Gasteiger partial charge on any atom is -0.449 e. The molecule has 1 heterocycles. The Morgan fingerprint density at radius 1 is 1.32 bits per heavy atom. The highest BCUT2D eigenvalue weighted by Crippen LogP contribution is 2.00. The number of amides is 1. The van der Waals surface area contributed by atoms with Gasteiger partial charge in [-0.05, 0) is 53.6 Å². The number of nitrogens with one attached hydrogen (secondary N) is 2. The molecule has 1 unspecified atom stereocenters. The van der Waals surface area contributed by atoms with Crippen LogP contribution in [0.25, 0.3) is 0 Å². The second-order valence-electron chi connectivity index (χ2n) is 6.96. The Kier molecular flexibility index (Phi) is 8.75. The van der Waals surface area contributed by atoms with E-state index in [0.29, 0.717) is 12.6 Å². The van der Waals surface area contributed by atoms with E-state index in [1.165, 1.54) is 0 Å². The number of carbonyl (C=O) groups is 1. The number of alkyl carbamates (subject to hydrolysis) is 1. The van der Waals surface area contributed by atoms with E-state index in [1.54, 1.807) is 0 Å². The van der Waals surface area contributed by atoms with Crippen LogP contribution >= 0.6 is 0 Å². The summed E-state index contributed by atoms with van der Waals surface area (Å²) in [7, 11) is 0. The fourth-order valence-electron chi connectivity index (χ4n) is 2.25. The third kappa shape index (κ3) is 9.97. The average Bonchev–Trinajstić information content (AvgIpc) is 2.43. The molecule has 0 radical (unpaired) electrons. The molecule has 1 saturated heterocycles. The van der Waals surface area contributed by atoms with Crippen LogP contribution in [0.15, 0.2) is 0 Å². The van der Waals surface area contributed by atoms with Crippen molar-refractivity contribution < 1.29 is 14.3 Å². The monoisotopic (exact) mass is 315 g/mol. The highest BCUT2D eigenvalue weighted by Gasteiger charge is 2.14. The predicted octanol–water partition coefficient (Wildman–Crippen LogP) is 1.60. The first kappa shape index (κ1) is 19.2. The van der Waals surface area contributed by atoms with Crippen LogP contribution in [0.3, 0.4) is 0 Å². The van der Waals surface area contributed by atoms with E-state index >= 15 is 0 Å². The fraction of sp³-hybridized carbons (Fsp3) is 0.938. The highest BCUT2D eigenvalue weighted by atomic mass is 16.5. The zero-order valence-electron chi connectivity index (χ0n) is 14.6. The molecule has 1 amide bonds. The van der Waals surface area contributed by atoms with Crippen LogP contribution in [0.5, 0.6) is 0 Å². The van der Waals surface area contributed by atoms with Gasteiger partial charge < -0.3 is 20.1 Å². The lowest BCUT2D eigenvalue weighted by Crippen LogP contribution is -2.41. The number of morpholine rings is 1. The van der Waals surface area contributed by atoms with Gasteiger partial charge in [-0.2, -0.15) is 0 Å². The molecule has 6 heteroatoms. The SMILES string of the molecule is CC(CCOC(=O)NC(C)(C)C)NCCCN1CCOCC1. The maximum atomic E-state index is 11.5. The van der Waals surface area contributed by atoms with Gasteiger partial charge in [0.15, 0.2) is 0 Å². The Morgan fingerprint density at radius 3 is 2.64 bits per heavy atom. The van der Waals surface area contributed by atoms with E-state index in [0.717, 1.165) is 52.2 Å². The van der Waals surface area contributed by atoms with Crippen molar-refractivity contribution in [3.05, 3.63) is 0 Å². The third-order valence-electron chi connectivity index (χ3n) is 3.51. The average molecular weight is 315 g/mol. The molecular weight excluding hydrogens is 282 g/mol. The lowest BCUT2D eigenvalue weighted by Gasteiger charge is -2.26. The molecule has 0 aromatic carbocycles. The fourth-order valence-corrected chi connectivity index (χ4v) is 2.25. The van der Waals surface area contributed by atoms with Crippen LogP contribution in [0, 0.1) is 0 Å². The van der Waals surface area contributed by atoms with Gasteiger partial charge in [0, 0.05) is 24.7 Å². The van der Waals surface area contributed by atoms with Crippen molar-refractivity contribution >= 4 is 6.09 Å². The van der Waals surface area contributed by atoms with E-state index in [2.05, 4.69) is 22.5 Å². The van der Waals surface area contributed by atoms with E-state index in [4.69, 9.17) is 9.47 Å². The summed E-state index contributed by atoms with van der Waals surface area (Å²) in [5, 5.41) is 6.26. The van der Waals surface area contributed by atoms with Crippen molar-refractivity contribution in [2.45, 2.75) is 52.1 Å². The number of hydrogen-bond acceptors (Lipinski definition) is 5. The van der Waals surface area contributed by atoms with Gasteiger partial charge in [0.05, 0.1) is 19.8 Å². The second kappa shape index (κ2) is 10.0. The van der Waals surface area contributed by atoms with Crippen molar-refractivity contribution in [1.29, 1.82) is 0 Å². The van der Waals surface area contributed by atoms with Gasteiger partial charge in [0.25, 0.3) is 0 Å². The molecule has 1 rings (SSSR count). The maximum absolute atomic E-state index is 11.5. The van der Waals surface area contributed by atoms with Crippen molar-refractivity contribution in [2.24, 2.45) is 0 Å². The molecule has 1 fully saturated rings. The normalized spacial score (nSPS) is 18.0. The topological polar surface area (TPSA) is 62.8 Å². The molecule has 0 saturated carbocycles. The van der Waals surface area contributed by atoms with Crippen molar-refractivity contribution in [2.75, 3.05) is 46.0 Å². The van der Waals surface area contributed by atoms with Crippen LogP contribution in [-0.4, -0.2) is 68.6 Å². The summed E-state index contributed by atoms with van der Waals surface area (Å²) in [6.07, 6.45) is 1.62. The minimum atomic E-state index is -0.341. The largest absolute Gasteiger partial charge is 0.449 e. The van der Waals surface area contributed by atoms with Crippen LogP contribution in [0.1, 0.15) is 40.5 Å². The summed E-state index contributed by atoms with van der Waals surface area (Å²) < 4.78 is 10.5. The van der Waals surface area contributed by atoms with Gasteiger partial charge in [-0.25, -0.2) is 4.79 Å². The van der Waals surface area contributed by atoms with Gasteiger partial charge in [-0.1, -0.05) is 0 Å². The van der Waals surface area contributed by atoms with Gasteiger partial charge in [-0.3, -0.25) is 4.90 Å². The van der Waals surface area contributed by atoms with Crippen LogP contribution in [0.4, 0.5) is 4.79 Å². The number of carbonyl (C=O) groups excluding carboxylic acids is 1. The lowest BCUT2D eigenvalue weighted by atomic mass is 10.1. The molecule has 1 aliphatic heterocycles. The van der Waals surface area contributed by atoms with E-state index in [9.17, 15) is 4.79 Å². The summed E-state index contributed by atoms with van der Waals surface area (Å²) in [6.45, 7) is 14.3. The third-order valence-corrected chi connectivity index (χ3v) is 3.51. The zero-order valence-corrected chi connectivity index (χ0v) is 14.6. The Hall–Kier alpha value is -0.850. The molecule has 6 nitrogen and oxygen atoms in total. The Balaban J connectivity index is 1.96. The smallest absolute Gasteiger partial charge is 0.407 e. The van der Waals surface area contributed by atoms with Crippen LogP contribution in [0.2, 0.25) is 0 Å². The molecule has 1 atom stereocenters. The number of hydrogen-bond donors (Lipinski definition) is 2. The van der Waals surface area contributed by atoms with E-state index in [-0.39, 0.29) is 11.6 Å². The van der Waals surface area contributed by atoms with Gasteiger partial charge in [0.2, 0.25) is 0 Å². The summed E-state index contributed by atoms with van der Waals surface area (Å²) in [5.74, 6) is 0. The zero-order chi connectivity index (χ0) is 16.4.